The van der Waals surface area contributed by atoms with Gasteiger partial charge in [-0.25, -0.2) is 8.78 Å². The van der Waals surface area contributed by atoms with Crippen LogP contribution < -0.4 is 0 Å². The quantitative estimate of drug-likeness (QED) is 0.768. The number of halogens is 3. The highest BCUT2D eigenvalue weighted by Gasteiger charge is 2.07. The van der Waals surface area contributed by atoms with Gasteiger partial charge in [-0.05, 0) is 46.3 Å². The summed E-state index contributed by atoms with van der Waals surface area (Å²) in [7, 11) is 0. The summed E-state index contributed by atoms with van der Waals surface area (Å²) in [6.45, 7) is 0. The zero-order valence-electron chi connectivity index (χ0n) is 7.55. The molecule has 0 N–H and O–H groups in total. The fraction of sp³-hybridized carbons (Fsp3) is 0. The molecular formula is C11H6BrF2N. The maximum Gasteiger partial charge on any atom is 0.159 e. The molecular weight excluding hydrogens is 264 g/mol. The van der Waals surface area contributed by atoms with E-state index >= 15 is 0 Å². The van der Waals surface area contributed by atoms with E-state index in [0.717, 1.165) is 16.6 Å². The third kappa shape index (κ3) is 2.04. The lowest BCUT2D eigenvalue weighted by Gasteiger charge is -2.03. The number of hydrogen-bond acceptors (Lipinski definition) is 1. The molecule has 0 atom stereocenters. The molecule has 0 aliphatic carbocycles. The van der Waals surface area contributed by atoms with Gasteiger partial charge in [-0.15, -0.1) is 0 Å². The summed E-state index contributed by atoms with van der Waals surface area (Å²) in [6.07, 6.45) is 1.60. The van der Waals surface area contributed by atoms with Gasteiger partial charge in [0.15, 0.2) is 11.6 Å². The van der Waals surface area contributed by atoms with Gasteiger partial charge in [0, 0.05) is 16.2 Å². The van der Waals surface area contributed by atoms with E-state index in [1.54, 1.807) is 18.3 Å². The van der Waals surface area contributed by atoms with E-state index in [0.29, 0.717) is 11.3 Å². The summed E-state index contributed by atoms with van der Waals surface area (Å²) in [4.78, 5) is 4.08. The lowest BCUT2D eigenvalue weighted by atomic mass is 10.1. The Labute approximate surface area is 93.9 Å². The third-order valence-electron chi connectivity index (χ3n) is 1.95. The summed E-state index contributed by atoms with van der Waals surface area (Å²) in [5, 5.41) is 0. The molecule has 2 rings (SSSR count). The van der Waals surface area contributed by atoms with Crippen molar-refractivity contribution >= 4 is 15.9 Å². The first-order chi connectivity index (χ1) is 7.18. The molecule has 0 unspecified atom stereocenters. The van der Waals surface area contributed by atoms with Gasteiger partial charge in [0.2, 0.25) is 0 Å². The van der Waals surface area contributed by atoms with Crippen LogP contribution in [0.2, 0.25) is 0 Å². The van der Waals surface area contributed by atoms with Crippen LogP contribution >= 0.6 is 15.9 Å². The first-order valence-corrected chi connectivity index (χ1v) is 5.04. The van der Waals surface area contributed by atoms with Gasteiger partial charge >= 0.3 is 0 Å². The van der Waals surface area contributed by atoms with Crippen LogP contribution in [0.4, 0.5) is 8.78 Å². The first-order valence-electron chi connectivity index (χ1n) is 4.24. The number of aromatic nitrogens is 1. The van der Waals surface area contributed by atoms with Gasteiger partial charge in [0.1, 0.15) is 0 Å². The SMILES string of the molecule is Fc1ccc(-c2ncccc2Br)cc1F. The summed E-state index contributed by atoms with van der Waals surface area (Å²) < 4.78 is 26.4. The monoisotopic (exact) mass is 269 g/mol. The average Bonchev–Trinajstić information content (AvgIpc) is 2.23. The van der Waals surface area contributed by atoms with E-state index in [4.69, 9.17) is 0 Å². The molecule has 0 aliphatic rings. The lowest BCUT2D eigenvalue weighted by Crippen LogP contribution is -1.88. The Balaban J connectivity index is 2.55. The Hall–Kier alpha value is -1.29. The van der Waals surface area contributed by atoms with E-state index in [9.17, 15) is 8.78 Å². The van der Waals surface area contributed by atoms with E-state index in [-0.39, 0.29) is 0 Å². The van der Waals surface area contributed by atoms with Gasteiger partial charge in [-0.2, -0.15) is 0 Å². The largest absolute Gasteiger partial charge is 0.255 e. The molecule has 1 aromatic carbocycles. The summed E-state index contributed by atoms with van der Waals surface area (Å²) >= 11 is 3.30. The van der Waals surface area contributed by atoms with Crippen molar-refractivity contribution in [3.63, 3.8) is 0 Å². The number of nitrogens with zero attached hydrogens (tertiary/aromatic N) is 1. The van der Waals surface area contributed by atoms with Crippen LogP contribution in [0.5, 0.6) is 0 Å². The molecule has 0 aliphatic heterocycles. The Morgan fingerprint density at radius 2 is 1.87 bits per heavy atom. The fourth-order valence-corrected chi connectivity index (χ4v) is 1.73. The van der Waals surface area contributed by atoms with Gasteiger partial charge in [0.05, 0.1) is 5.69 Å². The zero-order chi connectivity index (χ0) is 10.8. The average molecular weight is 270 g/mol. The van der Waals surface area contributed by atoms with Gasteiger partial charge in [0.25, 0.3) is 0 Å². The minimum Gasteiger partial charge on any atom is -0.255 e. The van der Waals surface area contributed by atoms with Crippen LogP contribution in [0.15, 0.2) is 41.0 Å². The summed E-state index contributed by atoms with van der Waals surface area (Å²) in [5.74, 6) is -1.73. The van der Waals surface area contributed by atoms with E-state index in [1.165, 1.54) is 6.07 Å². The normalized spacial score (nSPS) is 10.3. The Kier molecular flexibility index (Phi) is 2.77. The van der Waals surface area contributed by atoms with Crippen molar-refractivity contribution in [3.05, 3.63) is 52.6 Å². The Morgan fingerprint density at radius 1 is 1.07 bits per heavy atom. The van der Waals surface area contributed by atoms with Crippen molar-refractivity contribution in [1.82, 2.24) is 4.98 Å². The molecule has 1 nitrogen and oxygen atoms in total. The topological polar surface area (TPSA) is 12.9 Å². The van der Waals surface area contributed by atoms with Gasteiger partial charge in [-0.3, -0.25) is 4.98 Å². The maximum atomic E-state index is 13.0. The highest BCUT2D eigenvalue weighted by Crippen LogP contribution is 2.26. The summed E-state index contributed by atoms with van der Waals surface area (Å²) in [5.41, 5.74) is 1.14. The maximum absolute atomic E-state index is 13.0. The molecule has 0 saturated heterocycles. The van der Waals surface area contributed by atoms with Gasteiger partial charge in [-0.1, -0.05) is 0 Å². The second-order valence-electron chi connectivity index (χ2n) is 2.96. The minimum atomic E-state index is -0.870. The smallest absolute Gasteiger partial charge is 0.159 e. The lowest BCUT2D eigenvalue weighted by molar-refractivity contribution is 0.509. The molecule has 1 heterocycles. The first kappa shape index (κ1) is 10.2. The Morgan fingerprint density at radius 3 is 2.53 bits per heavy atom. The molecule has 0 radical (unpaired) electrons. The minimum absolute atomic E-state index is 0.543. The van der Waals surface area contributed by atoms with Crippen molar-refractivity contribution in [2.24, 2.45) is 0 Å². The van der Waals surface area contributed by atoms with Crippen molar-refractivity contribution in [3.8, 4) is 11.3 Å². The van der Waals surface area contributed by atoms with E-state index < -0.39 is 11.6 Å². The van der Waals surface area contributed by atoms with Crippen molar-refractivity contribution < 1.29 is 8.78 Å². The number of benzene rings is 1. The van der Waals surface area contributed by atoms with Crippen LogP contribution in [0, 0.1) is 11.6 Å². The third-order valence-corrected chi connectivity index (χ3v) is 2.59. The molecule has 0 bridgehead atoms. The highest BCUT2D eigenvalue weighted by molar-refractivity contribution is 9.10. The highest BCUT2D eigenvalue weighted by atomic mass is 79.9. The molecule has 1 aromatic heterocycles. The van der Waals surface area contributed by atoms with Crippen molar-refractivity contribution in [2.45, 2.75) is 0 Å². The second-order valence-corrected chi connectivity index (χ2v) is 3.82. The van der Waals surface area contributed by atoms with Crippen LogP contribution in [-0.2, 0) is 0 Å². The predicted molar refractivity (Wildman–Crippen MR) is 57.3 cm³/mol. The number of rotatable bonds is 1. The molecule has 0 fully saturated rings. The van der Waals surface area contributed by atoms with E-state index in [1.807, 2.05) is 0 Å². The molecule has 0 amide bonds. The molecule has 2 aromatic rings. The molecule has 4 heteroatoms. The van der Waals surface area contributed by atoms with Crippen molar-refractivity contribution in [2.75, 3.05) is 0 Å². The number of pyridine rings is 1. The molecule has 76 valence electrons. The van der Waals surface area contributed by atoms with Crippen molar-refractivity contribution in [1.29, 1.82) is 0 Å². The predicted octanol–water partition coefficient (Wildman–Crippen LogP) is 3.79. The fourth-order valence-electron chi connectivity index (χ4n) is 1.24. The second kappa shape index (κ2) is 4.06. The van der Waals surface area contributed by atoms with Crippen LogP contribution in [0.3, 0.4) is 0 Å². The van der Waals surface area contributed by atoms with Gasteiger partial charge < -0.3 is 0 Å². The van der Waals surface area contributed by atoms with Crippen LogP contribution in [0.1, 0.15) is 0 Å². The zero-order valence-corrected chi connectivity index (χ0v) is 9.13. The Bertz CT molecular complexity index is 500. The summed E-state index contributed by atoms with van der Waals surface area (Å²) in [6, 6.07) is 7.26. The van der Waals surface area contributed by atoms with E-state index in [2.05, 4.69) is 20.9 Å². The van der Waals surface area contributed by atoms with Crippen LogP contribution in [-0.4, -0.2) is 4.98 Å². The van der Waals surface area contributed by atoms with Crippen LogP contribution in [0.25, 0.3) is 11.3 Å². The standard InChI is InChI=1S/C11H6BrF2N/c12-8-2-1-5-15-11(8)7-3-4-9(13)10(14)6-7/h1-6H. The molecule has 0 saturated carbocycles. The molecule has 0 spiro atoms. The number of hydrogen-bond donors (Lipinski definition) is 0. The molecule has 15 heavy (non-hydrogen) atoms.